The van der Waals surface area contributed by atoms with Gasteiger partial charge in [0.05, 0.1) is 4.90 Å². The van der Waals surface area contributed by atoms with Gasteiger partial charge in [-0.3, -0.25) is 9.52 Å². The van der Waals surface area contributed by atoms with Gasteiger partial charge in [-0.2, -0.15) is 5.26 Å². The van der Waals surface area contributed by atoms with Gasteiger partial charge in [-0.05, 0) is 35.9 Å². The number of benzene rings is 2. The van der Waals surface area contributed by atoms with Crippen LogP contribution in [0.25, 0.3) is 6.08 Å². The Morgan fingerprint density at radius 2 is 1.82 bits per heavy atom. The number of rotatable bonds is 6. The van der Waals surface area contributed by atoms with E-state index in [9.17, 15) is 18.5 Å². The van der Waals surface area contributed by atoms with Crippen molar-refractivity contribution in [3.05, 3.63) is 77.3 Å². The van der Waals surface area contributed by atoms with Crippen LogP contribution in [0.3, 0.4) is 0 Å². The van der Waals surface area contributed by atoms with Crippen molar-refractivity contribution in [3.63, 3.8) is 0 Å². The van der Waals surface area contributed by atoms with Crippen molar-refractivity contribution >= 4 is 44.2 Å². The molecule has 1 heterocycles. The molecule has 0 fully saturated rings. The number of nitrogens with one attached hydrogen (secondary N) is 2. The largest absolute Gasteiger partial charge is 0.321 e. The number of carbonyl (C=O) groups is 1. The molecule has 9 heteroatoms. The summed E-state index contributed by atoms with van der Waals surface area (Å²) in [7, 11) is -3.77. The molecule has 3 aromatic rings. The number of hydrogen-bond acceptors (Lipinski definition) is 6. The molecule has 2 aromatic carbocycles. The molecule has 0 saturated carbocycles. The lowest BCUT2D eigenvalue weighted by molar-refractivity contribution is -0.112. The Morgan fingerprint density at radius 3 is 2.43 bits per heavy atom. The first-order valence-corrected chi connectivity index (χ1v) is 10.3. The second-order valence-electron chi connectivity index (χ2n) is 5.50. The average Bonchev–Trinajstić information content (AvgIpc) is 3.19. The Morgan fingerprint density at radius 1 is 1.11 bits per heavy atom. The quantitative estimate of drug-likeness (QED) is 0.477. The number of nitrogens with zero attached hydrogens (tertiary/aromatic N) is 2. The molecule has 0 aliphatic carbocycles. The Kier molecular flexibility index (Phi) is 5.84. The minimum atomic E-state index is -3.77. The van der Waals surface area contributed by atoms with Gasteiger partial charge < -0.3 is 5.32 Å². The summed E-state index contributed by atoms with van der Waals surface area (Å²) < 4.78 is 27.0. The van der Waals surface area contributed by atoms with E-state index in [0.717, 1.165) is 5.56 Å². The van der Waals surface area contributed by atoms with Crippen LogP contribution in [0.15, 0.2) is 76.6 Å². The maximum Gasteiger partial charge on any atom is 0.266 e. The number of anilines is 2. The molecular formula is C19H14N4O3S2. The molecule has 0 radical (unpaired) electrons. The summed E-state index contributed by atoms with van der Waals surface area (Å²) in [5.74, 6) is -0.581. The van der Waals surface area contributed by atoms with Crippen molar-refractivity contribution in [1.29, 1.82) is 5.26 Å². The lowest BCUT2D eigenvalue weighted by atomic mass is 10.1. The average molecular weight is 410 g/mol. The van der Waals surface area contributed by atoms with Gasteiger partial charge in [-0.1, -0.05) is 30.3 Å². The Labute approximate surface area is 166 Å². The number of nitriles is 1. The SMILES string of the molecule is N#CC(=Cc1ccccc1)C(=O)Nc1ccc(S(=O)(=O)Nc2nccs2)cc1. The monoisotopic (exact) mass is 410 g/mol. The van der Waals surface area contributed by atoms with Crippen LogP contribution in [0, 0.1) is 11.3 Å². The Bertz CT molecular complexity index is 1130. The second kappa shape index (κ2) is 8.47. The first kappa shape index (κ1) is 19.3. The van der Waals surface area contributed by atoms with E-state index < -0.39 is 15.9 Å². The summed E-state index contributed by atoms with van der Waals surface area (Å²) in [6.45, 7) is 0. The van der Waals surface area contributed by atoms with E-state index in [-0.39, 0.29) is 15.6 Å². The molecule has 0 unspecified atom stereocenters. The fraction of sp³-hybridized carbons (Fsp3) is 0. The highest BCUT2D eigenvalue weighted by molar-refractivity contribution is 7.93. The van der Waals surface area contributed by atoms with Crippen molar-refractivity contribution in [1.82, 2.24) is 4.98 Å². The highest BCUT2D eigenvalue weighted by Gasteiger charge is 2.16. The lowest BCUT2D eigenvalue weighted by Gasteiger charge is -2.07. The van der Waals surface area contributed by atoms with E-state index in [1.807, 2.05) is 12.1 Å². The zero-order valence-corrected chi connectivity index (χ0v) is 16.0. The van der Waals surface area contributed by atoms with Gasteiger partial charge in [-0.25, -0.2) is 13.4 Å². The van der Waals surface area contributed by atoms with Gasteiger partial charge >= 0.3 is 0 Å². The predicted molar refractivity (Wildman–Crippen MR) is 108 cm³/mol. The van der Waals surface area contributed by atoms with Gasteiger partial charge in [0.25, 0.3) is 15.9 Å². The summed E-state index contributed by atoms with van der Waals surface area (Å²) in [6.07, 6.45) is 2.98. The molecule has 0 aliphatic heterocycles. The van der Waals surface area contributed by atoms with E-state index in [1.165, 1.54) is 47.9 Å². The number of sulfonamides is 1. The molecule has 7 nitrogen and oxygen atoms in total. The van der Waals surface area contributed by atoms with E-state index >= 15 is 0 Å². The third kappa shape index (κ3) is 4.82. The van der Waals surface area contributed by atoms with E-state index in [4.69, 9.17) is 0 Å². The molecular weight excluding hydrogens is 396 g/mol. The summed E-state index contributed by atoms with van der Waals surface area (Å²) >= 11 is 1.17. The van der Waals surface area contributed by atoms with Crippen molar-refractivity contribution in [3.8, 4) is 6.07 Å². The highest BCUT2D eigenvalue weighted by atomic mass is 32.2. The third-order valence-corrected chi connectivity index (χ3v) is 5.72. The molecule has 0 aliphatic rings. The van der Waals surface area contributed by atoms with Crippen molar-refractivity contribution in [2.45, 2.75) is 4.90 Å². The number of carbonyl (C=O) groups excluding carboxylic acids is 1. The zero-order valence-electron chi connectivity index (χ0n) is 14.4. The van der Waals surface area contributed by atoms with Gasteiger partial charge in [0.15, 0.2) is 5.13 Å². The number of thiazole rings is 1. The molecule has 140 valence electrons. The lowest BCUT2D eigenvalue weighted by Crippen LogP contribution is -2.15. The number of aromatic nitrogens is 1. The molecule has 2 N–H and O–H groups in total. The molecule has 0 bridgehead atoms. The molecule has 1 aromatic heterocycles. The highest BCUT2D eigenvalue weighted by Crippen LogP contribution is 2.20. The minimum Gasteiger partial charge on any atom is -0.321 e. The topological polar surface area (TPSA) is 112 Å². The predicted octanol–water partition coefficient (Wildman–Crippen LogP) is 3.49. The van der Waals surface area contributed by atoms with Crippen LogP contribution in [-0.4, -0.2) is 19.3 Å². The molecule has 1 amide bonds. The Hall–Kier alpha value is -3.48. The maximum absolute atomic E-state index is 12.3. The normalized spacial score (nSPS) is 11.5. The molecule has 0 saturated heterocycles. The van der Waals surface area contributed by atoms with Crippen LogP contribution in [-0.2, 0) is 14.8 Å². The smallest absolute Gasteiger partial charge is 0.266 e. The van der Waals surface area contributed by atoms with Crippen LogP contribution in [0.2, 0.25) is 0 Å². The van der Waals surface area contributed by atoms with Gasteiger partial charge in [0, 0.05) is 17.3 Å². The van der Waals surface area contributed by atoms with E-state index in [0.29, 0.717) is 5.69 Å². The second-order valence-corrected chi connectivity index (χ2v) is 8.08. The fourth-order valence-corrected chi connectivity index (χ4v) is 4.02. The first-order chi connectivity index (χ1) is 13.5. The van der Waals surface area contributed by atoms with Crippen LogP contribution < -0.4 is 10.0 Å². The Balaban J connectivity index is 1.72. The van der Waals surface area contributed by atoms with Crippen LogP contribution >= 0.6 is 11.3 Å². The van der Waals surface area contributed by atoms with Gasteiger partial charge in [0.1, 0.15) is 11.6 Å². The molecule has 0 atom stereocenters. The van der Waals surface area contributed by atoms with Crippen molar-refractivity contribution < 1.29 is 13.2 Å². The number of amides is 1. The minimum absolute atomic E-state index is 0.0287. The first-order valence-electron chi connectivity index (χ1n) is 7.98. The maximum atomic E-state index is 12.3. The van der Waals surface area contributed by atoms with E-state index in [1.54, 1.807) is 29.6 Å². The summed E-state index contributed by atoms with van der Waals surface area (Å²) in [4.78, 5) is 16.2. The van der Waals surface area contributed by atoms with Gasteiger partial charge in [0.2, 0.25) is 0 Å². The van der Waals surface area contributed by atoms with Gasteiger partial charge in [-0.15, -0.1) is 11.3 Å². The van der Waals surface area contributed by atoms with Crippen LogP contribution in [0.1, 0.15) is 5.56 Å². The van der Waals surface area contributed by atoms with Crippen molar-refractivity contribution in [2.24, 2.45) is 0 Å². The number of hydrogen-bond donors (Lipinski definition) is 2. The van der Waals surface area contributed by atoms with Crippen molar-refractivity contribution in [2.75, 3.05) is 10.0 Å². The molecule has 0 spiro atoms. The standard InChI is InChI=1S/C19H14N4O3S2/c20-13-15(12-14-4-2-1-3-5-14)18(24)22-16-6-8-17(9-7-16)28(25,26)23-19-21-10-11-27-19/h1-12H,(H,21,23)(H,22,24). The fourth-order valence-electron chi connectivity index (χ4n) is 2.23. The molecule has 3 rings (SSSR count). The summed E-state index contributed by atoms with van der Waals surface area (Å²) in [5.41, 5.74) is 1.03. The van der Waals surface area contributed by atoms with Crippen LogP contribution in [0.5, 0.6) is 0 Å². The summed E-state index contributed by atoms with van der Waals surface area (Å²) in [6, 6.07) is 16.5. The van der Waals surface area contributed by atoms with E-state index in [2.05, 4.69) is 15.0 Å². The van der Waals surface area contributed by atoms with Crippen LogP contribution in [0.4, 0.5) is 10.8 Å². The summed E-state index contributed by atoms with van der Waals surface area (Å²) in [5, 5.41) is 13.7. The zero-order chi connectivity index (χ0) is 20.0. The third-order valence-electron chi connectivity index (χ3n) is 3.55. The molecule has 28 heavy (non-hydrogen) atoms.